The minimum absolute atomic E-state index is 0.301. The molecule has 1 N–H and O–H groups in total. The number of furan rings is 1. The molecule has 2 nitrogen and oxygen atoms in total. The smallest absolute Gasteiger partial charge is 0.120 e. The van der Waals surface area contributed by atoms with Crippen molar-refractivity contribution in [1.29, 1.82) is 0 Å². The molecule has 0 aliphatic heterocycles. The van der Waals surface area contributed by atoms with Gasteiger partial charge >= 0.3 is 0 Å². The van der Waals surface area contributed by atoms with Crippen LogP contribution in [0.5, 0.6) is 0 Å². The third-order valence-electron chi connectivity index (χ3n) is 2.48. The van der Waals surface area contributed by atoms with Crippen molar-refractivity contribution in [3.05, 3.63) is 23.7 Å². The van der Waals surface area contributed by atoms with Gasteiger partial charge in [0, 0.05) is 6.04 Å². The molecule has 0 saturated heterocycles. The second-order valence-electron chi connectivity index (χ2n) is 4.02. The fourth-order valence-electron chi connectivity index (χ4n) is 1.57. The summed E-state index contributed by atoms with van der Waals surface area (Å²) in [5, 5.41) is 3.54. The summed E-state index contributed by atoms with van der Waals surface area (Å²) in [4.78, 5) is 0. The van der Waals surface area contributed by atoms with E-state index in [1.165, 1.54) is 12.2 Å². The zero-order valence-corrected chi connectivity index (χ0v) is 10.9. The molecule has 0 spiro atoms. The summed E-state index contributed by atoms with van der Waals surface area (Å²) in [5.74, 6) is 3.22. The van der Waals surface area contributed by atoms with Crippen LogP contribution in [0.25, 0.3) is 0 Å². The van der Waals surface area contributed by atoms with Crippen LogP contribution >= 0.6 is 11.8 Å². The van der Waals surface area contributed by atoms with Gasteiger partial charge in [0.15, 0.2) is 0 Å². The molecular weight excluding hydrogens is 206 g/mol. The van der Waals surface area contributed by atoms with Gasteiger partial charge in [0.05, 0.1) is 6.04 Å². The highest BCUT2D eigenvalue weighted by Crippen LogP contribution is 2.16. The van der Waals surface area contributed by atoms with Crippen LogP contribution in [0.3, 0.4) is 0 Å². The first-order valence-corrected chi connectivity index (χ1v) is 6.84. The van der Waals surface area contributed by atoms with Gasteiger partial charge in [0.2, 0.25) is 0 Å². The Morgan fingerprint density at radius 1 is 1.40 bits per heavy atom. The highest BCUT2D eigenvalue weighted by molar-refractivity contribution is 7.98. The van der Waals surface area contributed by atoms with Gasteiger partial charge in [-0.05, 0) is 51.3 Å². The van der Waals surface area contributed by atoms with Gasteiger partial charge in [0.25, 0.3) is 0 Å². The molecule has 2 unspecified atom stereocenters. The first-order chi connectivity index (χ1) is 7.13. The number of aryl methyl sites for hydroxylation is 1. The van der Waals surface area contributed by atoms with Crippen molar-refractivity contribution in [2.75, 3.05) is 12.0 Å². The van der Waals surface area contributed by atoms with Crippen LogP contribution in [0, 0.1) is 6.92 Å². The Morgan fingerprint density at radius 2 is 2.13 bits per heavy atom. The molecule has 0 amide bonds. The first-order valence-electron chi connectivity index (χ1n) is 5.44. The van der Waals surface area contributed by atoms with E-state index >= 15 is 0 Å². The zero-order chi connectivity index (χ0) is 11.3. The van der Waals surface area contributed by atoms with Crippen molar-refractivity contribution in [3.8, 4) is 0 Å². The van der Waals surface area contributed by atoms with Gasteiger partial charge < -0.3 is 9.73 Å². The van der Waals surface area contributed by atoms with E-state index in [1.54, 1.807) is 0 Å². The fourth-order valence-corrected chi connectivity index (χ4v) is 2.16. The van der Waals surface area contributed by atoms with E-state index in [9.17, 15) is 0 Å². The standard InChI is InChI=1S/C12H21NOS/c1-9(7-8-15-4)13-11(3)12-6-5-10(2)14-12/h5-6,9,11,13H,7-8H2,1-4H3. The Hall–Kier alpha value is -0.410. The molecule has 1 heterocycles. The lowest BCUT2D eigenvalue weighted by molar-refractivity contribution is 0.385. The van der Waals surface area contributed by atoms with Crippen LogP contribution in [0.1, 0.15) is 37.8 Å². The number of rotatable bonds is 6. The Kier molecular flexibility index (Phi) is 5.26. The quantitative estimate of drug-likeness (QED) is 0.806. The maximum Gasteiger partial charge on any atom is 0.120 e. The molecule has 1 aromatic rings. The van der Waals surface area contributed by atoms with Crippen molar-refractivity contribution in [2.24, 2.45) is 0 Å². The molecule has 0 bridgehead atoms. The van der Waals surface area contributed by atoms with Gasteiger partial charge in [-0.15, -0.1) is 0 Å². The average molecular weight is 227 g/mol. The number of nitrogens with one attached hydrogen (secondary N) is 1. The second kappa shape index (κ2) is 6.23. The molecule has 0 fully saturated rings. The molecule has 0 aliphatic carbocycles. The lowest BCUT2D eigenvalue weighted by Crippen LogP contribution is -2.29. The Morgan fingerprint density at radius 3 is 2.67 bits per heavy atom. The third kappa shape index (κ3) is 4.31. The van der Waals surface area contributed by atoms with E-state index in [2.05, 4.69) is 25.4 Å². The van der Waals surface area contributed by atoms with Crippen LogP contribution in [-0.4, -0.2) is 18.1 Å². The van der Waals surface area contributed by atoms with Crippen molar-refractivity contribution < 1.29 is 4.42 Å². The van der Waals surface area contributed by atoms with E-state index in [0.717, 1.165) is 11.5 Å². The van der Waals surface area contributed by atoms with E-state index < -0.39 is 0 Å². The predicted octanol–water partition coefficient (Wildman–Crippen LogP) is 3.38. The number of hydrogen-bond acceptors (Lipinski definition) is 3. The van der Waals surface area contributed by atoms with E-state index in [-0.39, 0.29) is 0 Å². The van der Waals surface area contributed by atoms with Crippen molar-refractivity contribution in [2.45, 2.75) is 39.3 Å². The third-order valence-corrected chi connectivity index (χ3v) is 3.12. The van der Waals surface area contributed by atoms with E-state index in [0.29, 0.717) is 12.1 Å². The highest BCUT2D eigenvalue weighted by Gasteiger charge is 2.11. The van der Waals surface area contributed by atoms with Crippen LogP contribution in [-0.2, 0) is 0 Å². The number of thioether (sulfide) groups is 1. The largest absolute Gasteiger partial charge is 0.465 e. The Labute approximate surface area is 96.8 Å². The van der Waals surface area contributed by atoms with Crippen molar-refractivity contribution in [1.82, 2.24) is 5.32 Å². The molecule has 0 aliphatic rings. The molecule has 3 heteroatoms. The second-order valence-corrected chi connectivity index (χ2v) is 5.00. The lowest BCUT2D eigenvalue weighted by atomic mass is 10.2. The molecule has 1 aromatic heterocycles. The molecule has 1 rings (SSSR count). The molecule has 0 aromatic carbocycles. The van der Waals surface area contributed by atoms with Crippen LogP contribution in [0.15, 0.2) is 16.5 Å². The SMILES string of the molecule is CSCCC(C)NC(C)c1ccc(C)o1. The molecule has 0 radical (unpaired) electrons. The molecule has 86 valence electrons. The molecule has 15 heavy (non-hydrogen) atoms. The summed E-state index contributed by atoms with van der Waals surface area (Å²) in [6.45, 7) is 6.35. The lowest BCUT2D eigenvalue weighted by Gasteiger charge is -2.18. The van der Waals surface area contributed by atoms with Crippen molar-refractivity contribution >= 4 is 11.8 Å². The number of hydrogen-bond donors (Lipinski definition) is 1. The molecule has 0 saturated carbocycles. The maximum atomic E-state index is 5.58. The molecular formula is C12H21NOS. The van der Waals surface area contributed by atoms with Crippen LogP contribution < -0.4 is 5.32 Å². The predicted molar refractivity (Wildman–Crippen MR) is 67.5 cm³/mol. The van der Waals surface area contributed by atoms with Crippen LogP contribution in [0.4, 0.5) is 0 Å². The Balaban J connectivity index is 2.38. The van der Waals surface area contributed by atoms with Crippen molar-refractivity contribution in [3.63, 3.8) is 0 Å². The van der Waals surface area contributed by atoms with Gasteiger partial charge in [-0.3, -0.25) is 0 Å². The molecule has 2 atom stereocenters. The normalized spacial score (nSPS) is 15.2. The Bertz CT molecular complexity index is 285. The zero-order valence-electron chi connectivity index (χ0n) is 10.0. The summed E-state index contributed by atoms with van der Waals surface area (Å²) in [6.07, 6.45) is 3.34. The minimum atomic E-state index is 0.301. The van der Waals surface area contributed by atoms with Gasteiger partial charge in [-0.1, -0.05) is 0 Å². The summed E-state index contributed by atoms with van der Waals surface area (Å²) in [6, 6.07) is 4.90. The monoisotopic (exact) mass is 227 g/mol. The van der Waals surface area contributed by atoms with Gasteiger partial charge in [0.1, 0.15) is 11.5 Å². The fraction of sp³-hybridized carbons (Fsp3) is 0.667. The average Bonchev–Trinajstić information content (AvgIpc) is 2.61. The summed E-state index contributed by atoms with van der Waals surface area (Å²) in [5.41, 5.74) is 0. The summed E-state index contributed by atoms with van der Waals surface area (Å²) in [7, 11) is 0. The van der Waals surface area contributed by atoms with Gasteiger partial charge in [-0.2, -0.15) is 11.8 Å². The van der Waals surface area contributed by atoms with Crippen LogP contribution in [0.2, 0.25) is 0 Å². The maximum absolute atomic E-state index is 5.58. The first kappa shape index (κ1) is 12.7. The van der Waals surface area contributed by atoms with E-state index in [4.69, 9.17) is 4.42 Å². The topological polar surface area (TPSA) is 25.2 Å². The highest BCUT2D eigenvalue weighted by atomic mass is 32.2. The minimum Gasteiger partial charge on any atom is -0.465 e. The van der Waals surface area contributed by atoms with E-state index in [1.807, 2.05) is 30.8 Å². The van der Waals surface area contributed by atoms with Gasteiger partial charge in [-0.25, -0.2) is 0 Å². The summed E-state index contributed by atoms with van der Waals surface area (Å²) >= 11 is 1.89. The summed E-state index contributed by atoms with van der Waals surface area (Å²) < 4.78 is 5.58.